The van der Waals surface area contributed by atoms with Gasteiger partial charge < -0.3 is 11.1 Å². The molecule has 0 bridgehead atoms. The van der Waals surface area contributed by atoms with Gasteiger partial charge in [0.1, 0.15) is 5.78 Å². The van der Waals surface area contributed by atoms with Crippen molar-refractivity contribution in [3.63, 3.8) is 0 Å². The molecule has 4 heteroatoms. The number of carbonyl (C=O) groups excluding carboxylic acids is 2. The first-order valence-corrected chi connectivity index (χ1v) is 7.78. The van der Waals surface area contributed by atoms with Gasteiger partial charge in [-0.1, -0.05) is 34.1 Å². The third-order valence-electron chi connectivity index (χ3n) is 3.56. The summed E-state index contributed by atoms with van der Waals surface area (Å²) in [6.07, 6.45) is 2.95. The minimum atomic E-state index is -0.161. The average molecular weight is 284 g/mol. The normalized spacial score (nSPS) is 14.6. The predicted molar refractivity (Wildman–Crippen MR) is 83.6 cm³/mol. The first-order valence-electron chi connectivity index (χ1n) is 7.78. The van der Waals surface area contributed by atoms with Gasteiger partial charge in [-0.05, 0) is 32.2 Å². The highest BCUT2D eigenvalue weighted by atomic mass is 16.1. The highest BCUT2D eigenvalue weighted by molar-refractivity contribution is 5.89. The molecule has 0 spiro atoms. The highest BCUT2D eigenvalue weighted by Crippen LogP contribution is 2.17. The topological polar surface area (TPSA) is 72.2 Å². The van der Waals surface area contributed by atoms with E-state index in [-0.39, 0.29) is 35.5 Å². The Kier molecular flexibility index (Phi) is 9.68. The molecule has 4 nitrogen and oxygen atoms in total. The van der Waals surface area contributed by atoms with Crippen LogP contribution in [0.3, 0.4) is 0 Å². The summed E-state index contributed by atoms with van der Waals surface area (Å²) in [4.78, 5) is 24.1. The van der Waals surface area contributed by atoms with Crippen LogP contribution in [0.1, 0.15) is 60.3 Å². The summed E-state index contributed by atoms with van der Waals surface area (Å²) in [6, 6.07) is 0.103. The number of hydrogen-bond donors (Lipinski definition) is 2. The van der Waals surface area contributed by atoms with Gasteiger partial charge in [-0.2, -0.15) is 0 Å². The van der Waals surface area contributed by atoms with E-state index in [0.717, 1.165) is 19.3 Å². The number of unbranched alkanes of at least 4 members (excludes halogenated alkanes) is 1. The van der Waals surface area contributed by atoms with Crippen molar-refractivity contribution in [2.24, 2.45) is 17.6 Å². The zero-order valence-corrected chi connectivity index (χ0v) is 13.7. The molecule has 0 aliphatic rings. The molecule has 0 aromatic carbocycles. The highest BCUT2D eigenvalue weighted by Gasteiger charge is 2.26. The summed E-state index contributed by atoms with van der Waals surface area (Å²) in [6.45, 7) is 10.4. The largest absolute Gasteiger partial charge is 0.330 e. The number of rotatable bonds is 11. The standard InChI is InChI=1S/C16H32N2O2/c1-11(2)16(18-12(3)4)15(20)10-14(13(5)19)8-6-7-9-17/h11-12,14,16,18H,6-10,17H2,1-5H3/t14-,16+/m1/s1. The molecule has 0 fully saturated rings. The Morgan fingerprint density at radius 1 is 1.10 bits per heavy atom. The van der Waals surface area contributed by atoms with E-state index in [4.69, 9.17) is 5.73 Å². The van der Waals surface area contributed by atoms with Gasteiger partial charge in [0.25, 0.3) is 0 Å². The summed E-state index contributed by atoms with van der Waals surface area (Å²) in [7, 11) is 0. The molecule has 118 valence electrons. The van der Waals surface area contributed by atoms with Crippen LogP contribution in [0.25, 0.3) is 0 Å². The molecule has 0 amide bonds. The van der Waals surface area contributed by atoms with Crippen LogP contribution in [0, 0.1) is 11.8 Å². The second-order valence-electron chi connectivity index (χ2n) is 6.31. The molecule has 0 unspecified atom stereocenters. The van der Waals surface area contributed by atoms with Crippen molar-refractivity contribution >= 4 is 11.6 Å². The maximum Gasteiger partial charge on any atom is 0.150 e. The van der Waals surface area contributed by atoms with Crippen LogP contribution >= 0.6 is 0 Å². The van der Waals surface area contributed by atoms with E-state index in [9.17, 15) is 9.59 Å². The van der Waals surface area contributed by atoms with Crippen LogP contribution in [-0.4, -0.2) is 30.2 Å². The van der Waals surface area contributed by atoms with E-state index in [0.29, 0.717) is 13.0 Å². The fraction of sp³-hybridized carbons (Fsp3) is 0.875. The number of carbonyl (C=O) groups is 2. The quantitative estimate of drug-likeness (QED) is 0.571. The van der Waals surface area contributed by atoms with Gasteiger partial charge in [0, 0.05) is 18.4 Å². The van der Waals surface area contributed by atoms with Crippen molar-refractivity contribution in [3.05, 3.63) is 0 Å². The number of Topliss-reactive ketones (excluding diaryl/α,β-unsaturated/α-hetero) is 2. The van der Waals surface area contributed by atoms with Gasteiger partial charge in [-0.3, -0.25) is 9.59 Å². The molecule has 0 saturated heterocycles. The SMILES string of the molecule is CC(=O)[C@H](CCCCN)CC(=O)[C@@H](NC(C)C)C(C)C. The van der Waals surface area contributed by atoms with Crippen molar-refractivity contribution in [2.45, 2.75) is 72.4 Å². The second kappa shape index (κ2) is 10.1. The van der Waals surface area contributed by atoms with Crippen molar-refractivity contribution in [3.8, 4) is 0 Å². The molecule has 0 aliphatic heterocycles. The van der Waals surface area contributed by atoms with Crippen LogP contribution in [0.5, 0.6) is 0 Å². The fourth-order valence-electron chi connectivity index (χ4n) is 2.37. The number of hydrogen-bond acceptors (Lipinski definition) is 4. The molecule has 0 rings (SSSR count). The Bertz CT molecular complexity index is 301. The van der Waals surface area contributed by atoms with Crippen LogP contribution in [0.15, 0.2) is 0 Å². The van der Waals surface area contributed by atoms with Crippen LogP contribution in [0.4, 0.5) is 0 Å². The maximum atomic E-state index is 12.4. The minimum Gasteiger partial charge on any atom is -0.330 e. The molecule has 0 aromatic heterocycles. The summed E-state index contributed by atoms with van der Waals surface area (Å²) < 4.78 is 0. The van der Waals surface area contributed by atoms with Crippen LogP contribution in [-0.2, 0) is 9.59 Å². The monoisotopic (exact) mass is 284 g/mol. The van der Waals surface area contributed by atoms with E-state index < -0.39 is 0 Å². The van der Waals surface area contributed by atoms with Gasteiger partial charge in [0.05, 0.1) is 6.04 Å². The first-order chi connectivity index (χ1) is 9.29. The lowest BCUT2D eigenvalue weighted by Crippen LogP contribution is -2.45. The smallest absolute Gasteiger partial charge is 0.150 e. The van der Waals surface area contributed by atoms with E-state index in [2.05, 4.69) is 5.32 Å². The number of nitrogens with two attached hydrogens (primary N) is 1. The zero-order chi connectivity index (χ0) is 15.7. The van der Waals surface area contributed by atoms with Gasteiger partial charge >= 0.3 is 0 Å². The Morgan fingerprint density at radius 2 is 1.70 bits per heavy atom. The Hall–Kier alpha value is -0.740. The molecular weight excluding hydrogens is 252 g/mol. The lowest BCUT2D eigenvalue weighted by atomic mass is 9.87. The molecule has 0 aliphatic carbocycles. The molecule has 0 radical (unpaired) electrons. The summed E-state index contributed by atoms with van der Waals surface area (Å²) in [5, 5.41) is 3.31. The number of nitrogens with one attached hydrogen (secondary N) is 1. The lowest BCUT2D eigenvalue weighted by Gasteiger charge is -2.25. The second-order valence-corrected chi connectivity index (χ2v) is 6.31. The van der Waals surface area contributed by atoms with Crippen LogP contribution in [0.2, 0.25) is 0 Å². The van der Waals surface area contributed by atoms with Gasteiger partial charge in [-0.25, -0.2) is 0 Å². The first kappa shape index (κ1) is 19.3. The summed E-state index contributed by atoms with van der Waals surface area (Å²) >= 11 is 0. The minimum absolute atomic E-state index is 0.113. The van der Waals surface area contributed by atoms with Crippen molar-refractivity contribution in [1.82, 2.24) is 5.32 Å². The Labute approximate surface area is 123 Å². The molecular formula is C16H32N2O2. The Morgan fingerprint density at radius 3 is 2.10 bits per heavy atom. The maximum absolute atomic E-state index is 12.4. The molecule has 0 aromatic rings. The predicted octanol–water partition coefficient (Wildman–Crippen LogP) is 2.30. The third-order valence-corrected chi connectivity index (χ3v) is 3.56. The molecule has 20 heavy (non-hydrogen) atoms. The zero-order valence-electron chi connectivity index (χ0n) is 13.7. The average Bonchev–Trinajstić information content (AvgIpc) is 2.33. The van der Waals surface area contributed by atoms with E-state index in [1.807, 2.05) is 27.7 Å². The van der Waals surface area contributed by atoms with E-state index in [1.165, 1.54) is 0 Å². The number of ketones is 2. The fourth-order valence-corrected chi connectivity index (χ4v) is 2.37. The van der Waals surface area contributed by atoms with Crippen LogP contribution < -0.4 is 11.1 Å². The van der Waals surface area contributed by atoms with Gasteiger partial charge in [0.2, 0.25) is 0 Å². The van der Waals surface area contributed by atoms with E-state index in [1.54, 1.807) is 6.92 Å². The molecule has 2 atom stereocenters. The lowest BCUT2D eigenvalue weighted by molar-refractivity contribution is -0.128. The molecule has 0 saturated carbocycles. The van der Waals surface area contributed by atoms with E-state index >= 15 is 0 Å². The summed E-state index contributed by atoms with van der Waals surface area (Å²) in [5.74, 6) is 0.356. The molecule has 3 N–H and O–H groups in total. The van der Waals surface area contributed by atoms with Crippen molar-refractivity contribution < 1.29 is 9.59 Å². The van der Waals surface area contributed by atoms with Crippen molar-refractivity contribution in [1.29, 1.82) is 0 Å². The molecule has 0 heterocycles. The third kappa shape index (κ3) is 7.75. The van der Waals surface area contributed by atoms with Crippen molar-refractivity contribution in [2.75, 3.05) is 6.54 Å². The van der Waals surface area contributed by atoms with Gasteiger partial charge in [0.15, 0.2) is 5.78 Å². The van der Waals surface area contributed by atoms with Gasteiger partial charge in [-0.15, -0.1) is 0 Å². The summed E-state index contributed by atoms with van der Waals surface area (Å²) in [5.41, 5.74) is 5.47. The Balaban J connectivity index is 4.58.